The highest BCUT2D eigenvalue weighted by Gasteiger charge is 2.05. The SMILES string of the molecule is C=C(NC(C)C)Oc1ccc([N+](=O)[O-])cc1. The molecule has 0 spiro atoms. The van der Waals surface area contributed by atoms with Gasteiger partial charge in [0.2, 0.25) is 0 Å². The Morgan fingerprint density at radius 2 is 2.00 bits per heavy atom. The van der Waals surface area contributed by atoms with Crippen molar-refractivity contribution in [1.82, 2.24) is 5.32 Å². The van der Waals surface area contributed by atoms with Crippen molar-refractivity contribution < 1.29 is 9.66 Å². The number of nitrogens with zero attached hydrogens (tertiary/aromatic N) is 1. The summed E-state index contributed by atoms with van der Waals surface area (Å²) in [6, 6.07) is 6.07. The largest absolute Gasteiger partial charge is 0.442 e. The summed E-state index contributed by atoms with van der Waals surface area (Å²) in [5.41, 5.74) is 0.0368. The van der Waals surface area contributed by atoms with E-state index in [1.165, 1.54) is 24.3 Å². The summed E-state index contributed by atoms with van der Waals surface area (Å²) in [5.74, 6) is 0.938. The zero-order chi connectivity index (χ0) is 12.1. The number of ether oxygens (including phenoxy) is 1. The topological polar surface area (TPSA) is 64.4 Å². The average molecular weight is 222 g/mol. The van der Waals surface area contributed by atoms with E-state index in [9.17, 15) is 10.1 Å². The third kappa shape index (κ3) is 3.61. The third-order valence-corrected chi connectivity index (χ3v) is 1.74. The molecule has 0 aliphatic rings. The molecule has 1 N–H and O–H groups in total. The number of hydrogen-bond acceptors (Lipinski definition) is 4. The minimum absolute atomic E-state index is 0.0368. The molecule has 0 fully saturated rings. The number of rotatable bonds is 5. The fourth-order valence-corrected chi connectivity index (χ4v) is 1.13. The second-order valence-corrected chi connectivity index (χ2v) is 3.58. The molecule has 0 heterocycles. The second-order valence-electron chi connectivity index (χ2n) is 3.58. The molecule has 0 aliphatic carbocycles. The first-order valence-corrected chi connectivity index (χ1v) is 4.87. The molecule has 0 saturated heterocycles. The number of non-ortho nitro benzene ring substituents is 1. The van der Waals surface area contributed by atoms with Crippen LogP contribution in [-0.2, 0) is 0 Å². The molecule has 1 aromatic carbocycles. The Morgan fingerprint density at radius 3 is 2.44 bits per heavy atom. The van der Waals surface area contributed by atoms with Gasteiger partial charge in [-0.05, 0) is 32.6 Å². The van der Waals surface area contributed by atoms with Crippen molar-refractivity contribution in [2.45, 2.75) is 19.9 Å². The number of hydrogen-bond donors (Lipinski definition) is 1. The molecule has 0 aliphatic heterocycles. The van der Waals surface area contributed by atoms with Crippen molar-refractivity contribution in [3.05, 3.63) is 46.8 Å². The summed E-state index contributed by atoms with van der Waals surface area (Å²) >= 11 is 0. The molecular weight excluding hydrogens is 208 g/mol. The van der Waals surface area contributed by atoms with E-state index >= 15 is 0 Å². The van der Waals surface area contributed by atoms with Gasteiger partial charge in [0.1, 0.15) is 5.75 Å². The minimum Gasteiger partial charge on any atom is -0.442 e. The maximum Gasteiger partial charge on any atom is 0.269 e. The van der Waals surface area contributed by atoms with Gasteiger partial charge in [-0.25, -0.2) is 0 Å². The first-order valence-electron chi connectivity index (χ1n) is 4.87. The molecule has 86 valence electrons. The van der Waals surface area contributed by atoms with Gasteiger partial charge in [-0.2, -0.15) is 0 Å². The van der Waals surface area contributed by atoms with Crippen LogP contribution in [0.5, 0.6) is 5.75 Å². The summed E-state index contributed by atoms with van der Waals surface area (Å²) < 4.78 is 5.33. The maximum absolute atomic E-state index is 10.4. The summed E-state index contributed by atoms with van der Waals surface area (Å²) in [7, 11) is 0. The molecule has 0 unspecified atom stereocenters. The lowest BCUT2D eigenvalue weighted by Crippen LogP contribution is -2.24. The number of nitro groups is 1. The Kier molecular flexibility index (Phi) is 3.88. The van der Waals surface area contributed by atoms with E-state index in [1.807, 2.05) is 13.8 Å². The second kappa shape index (κ2) is 5.16. The van der Waals surface area contributed by atoms with E-state index < -0.39 is 4.92 Å². The fourth-order valence-electron chi connectivity index (χ4n) is 1.13. The van der Waals surface area contributed by atoms with Crippen molar-refractivity contribution >= 4 is 5.69 Å². The van der Waals surface area contributed by atoms with Crippen molar-refractivity contribution in [3.63, 3.8) is 0 Å². The predicted molar refractivity (Wildman–Crippen MR) is 61.1 cm³/mol. The van der Waals surface area contributed by atoms with Crippen LogP contribution in [0, 0.1) is 10.1 Å². The number of nitro benzene ring substituents is 1. The van der Waals surface area contributed by atoms with Crippen LogP contribution in [0.1, 0.15) is 13.8 Å². The monoisotopic (exact) mass is 222 g/mol. The molecular formula is C11H14N2O3. The van der Waals surface area contributed by atoms with Crippen molar-refractivity contribution in [2.75, 3.05) is 0 Å². The summed E-state index contributed by atoms with van der Waals surface area (Å²) in [6.45, 7) is 7.61. The summed E-state index contributed by atoms with van der Waals surface area (Å²) in [4.78, 5) is 9.96. The minimum atomic E-state index is -0.453. The first-order chi connectivity index (χ1) is 7.49. The quantitative estimate of drug-likeness (QED) is 0.472. The van der Waals surface area contributed by atoms with E-state index in [-0.39, 0.29) is 11.7 Å². The van der Waals surface area contributed by atoms with Crippen LogP contribution >= 0.6 is 0 Å². The molecule has 0 saturated carbocycles. The zero-order valence-electron chi connectivity index (χ0n) is 9.27. The lowest BCUT2D eigenvalue weighted by molar-refractivity contribution is -0.384. The van der Waals surface area contributed by atoms with E-state index in [0.29, 0.717) is 11.6 Å². The van der Waals surface area contributed by atoms with Gasteiger partial charge in [-0.15, -0.1) is 0 Å². The molecule has 1 aromatic rings. The highest BCUT2D eigenvalue weighted by atomic mass is 16.6. The Morgan fingerprint density at radius 1 is 1.44 bits per heavy atom. The number of benzene rings is 1. The van der Waals surface area contributed by atoms with Crippen molar-refractivity contribution in [1.29, 1.82) is 0 Å². The van der Waals surface area contributed by atoms with E-state index in [0.717, 1.165) is 0 Å². The molecule has 0 radical (unpaired) electrons. The Labute approximate surface area is 93.9 Å². The highest BCUT2D eigenvalue weighted by Crippen LogP contribution is 2.18. The molecule has 1 rings (SSSR count). The van der Waals surface area contributed by atoms with Crippen LogP contribution in [0.2, 0.25) is 0 Å². The molecule has 0 amide bonds. The van der Waals surface area contributed by atoms with Crippen LogP contribution in [0.15, 0.2) is 36.7 Å². The van der Waals surface area contributed by atoms with Crippen LogP contribution in [0.4, 0.5) is 5.69 Å². The lowest BCUT2D eigenvalue weighted by Gasteiger charge is -2.13. The lowest BCUT2D eigenvalue weighted by atomic mass is 10.3. The van der Waals surface area contributed by atoms with Gasteiger partial charge in [0.05, 0.1) is 4.92 Å². The highest BCUT2D eigenvalue weighted by molar-refractivity contribution is 5.36. The normalized spacial score (nSPS) is 9.94. The summed E-state index contributed by atoms with van der Waals surface area (Å²) in [5, 5.41) is 13.4. The average Bonchev–Trinajstić information content (AvgIpc) is 2.16. The van der Waals surface area contributed by atoms with Gasteiger partial charge in [-0.3, -0.25) is 10.1 Å². The van der Waals surface area contributed by atoms with E-state index in [4.69, 9.17) is 4.74 Å². The number of nitrogens with one attached hydrogen (secondary N) is 1. The smallest absolute Gasteiger partial charge is 0.269 e. The van der Waals surface area contributed by atoms with E-state index in [1.54, 1.807) is 0 Å². The van der Waals surface area contributed by atoms with Gasteiger partial charge >= 0.3 is 0 Å². The van der Waals surface area contributed by atoms with Crippen LogP contribution in [0.3, 0.4) is 0 Å². The third-order valence-electron chi connectivity index (χ3n) is 1.74. The molecule has 0 aromatic heterocycles. The molecule has 0 atom stereocenters. The van der Waals surface area contributed by atoms with Gasteiger partial charge in [0.15, 0.2) is 5.88 Å². The van der Waals surface area contributed by atoms with Crippen molar-refractivity contribution in [3.8, 4) is 5.75 Å². The predicted octanol–water partition coefficient (Wildman–Crippen LogP) is 2.44. The van der Waals surface area contributed by atoms with Gasteiger partial charge in [-0.1, -0.05) is 0 Å². The molecule has 16 heavy (non-hydrogen) atoms. The van der Waals surface area contributed by atoms with Crippen LogP contribution < -0.4 is 10.1 Å². The van der Waals surface area contributed by atoms with Crippen LogP contribution in [0.25, 0.3) is 0 Å². The van der Waals surface area contributed by atoms with Crippen LogP contribution in [-0.4, -0.2) is 11.0 Å². The van der Waals surface area contributed by atoms with Crippen molar-refractivity contribution in [2.24, 2.45) is 0 Å². The maximum atomic E-state index is 10.4. The zero-order valence-corrected chi connectivity index (χ0v) is 9.27. The molecule has 0 bridgehead atoms. The Hall–Kier alpha value is -2.04. The van der Waals surface area contributed by atoms with E-state index in [2.05, 4.69) is 11.9 Å². The Balaban J connectivity index is 2.62. The Bertz CT molecular complexity index is 385. The van der Waals surface area contributed by atoms with Gasteiger partial charge in [0, 0.05) is 18.2 Å². The fraction of sp³-hybridized carbons (Fsp3) is 0.273. The summed E-state index contributed by atoms with van der Waals surface area (Å²) in [6.07, 6.45) is 0. The van der Waals surface area contributed by atoms with Gasteiger partial charge < -0.3 is 10.1 Å². The molecule has 5 heteroatoms. The standard InChI is InChI=1S/C11H14N2O3/c1-8(2)12-9(3)16-11-6-4-10(5-7-11)13(14)15/h4-8,12H,3H2,1-2H3. The first kappa shape index (κ1) is 12.0. The van der Waals surface area contributed by atoms with Gasteiger partial charge in [0.25, 0.3) is 5.69 Å². The molecule has 5 nitrogen and oxygen atoms in total.